The van der Waals surface area contributed by atoms with E-state index in [2.05, 4.69) is 30.8 Å². The summed E-state index contributed by atoms with van der Waals surface area (Å²) < 4.78 is 13.7. The molecule has 18 heavy (non-hydrogen) atoms. The van der Waals surface area contributed by atoms with Crippen molar-refractivity contribution in [1.29, 1.82) is 0 Å². The minimum atomic E-state index is -0.214. The Morgan fingerprint density at radius 2 is 1.94 bits per heavy atom. The van der Waals surface area contributed by atoms with Crippen LogP contribution in [0.4, 0.5) is 10.1 Å². The Kier molecular flexibility index (Phi) is 6.44. The van der Waals surface area contributed by atoms with Crippen molar-refractivity contribution < 1.29 is 4.39 Å². The lowest BCUT2D eigenvalue weighted by Gasteiger charge is -2.26. The summed E-state index contributed by atoms with van der Waals surface area (Å²) >= 11 is 5.85. The Balaban J connectivity index is 2.78. The molecule has 0 radical (unpaired) electrons. The summed E-state index contributed by atoms with van der Waals surface area (Å²) in [7, 11) is 4.12. The molecule has 0 N–H and O–H groups in total. The molecule has 0 atom stereocenters. The molecule has 0 saturated carbocycles. The largest absolute Gasteiger partial charge is 0.371 e. The van der Waals surface area contributed by atoms with Crippen molar-refractivity contribution in [2.45, 2.75) is 19.2 Å². The van der Waals surface area contributed by atoms with Gasteiger partial charge in [0.25, 0.3) is 0 Å². The Morgan fingerprint density at radius 1 is 1.22 bits per heavy atom. The molecular formula is C14H22ClFN2. The lowest BCUT2D eigenvalue weighted by Crippen LogP contribution is -2.28. The Morgan fingerprint density at radius 3 is 2.50 bits per heavy atom. The number of hydrogen-bond donors (Lipinski definition) is 0. The average molecular weight is 273 g/mol. The smallest absolute Gasteiger partial charge is 0.129 e. The number of anilines is 1. The van der Waals surface area contributed by atoms with Gasteiger partial charge in [-0.2, -0.15) is 0 Å². The van der Waals surface area contributed by atoms with Gasteiger partial charge in [0, 0.05) is 24.3 Å². The second kappa shape index (κ2) is 7.59. The van der Waals surface area contributed by atoms with Gasteiger partial charge < -0.3 is 9.80 Å². The number of hydrogen-bond acceptors (Lipinski definition) is 2. The second-order valence-electron chi connectivity index (χ2n) is 4.61. The van der Waals surface area contributed by atoms with Crippen molar-refractivity contribution in [2.24, 2.45) is 0 Å². The number of nitrogens with zero attached hydrogens (tertiary/aromatic N) is 2. The molecule has 0 aliphatic heterocycles. The maximum absolute atomic E-state index is 13.7. The number of halogens is 2. The second-order valence-corrected chi connectivity index (χ2v) is 4.87. The van der Waals surface area contributed by atoms with E-state index in [1.165, 1.54) is 6.07 Å². The molecule has 0 aliphatic carbocycles. The summed E-state index contributed by atoms with van der Waals surface area (Å²) in [5.41, 5.74) is 1.53. The molecule has 4 heteroatoms. The molecule has 1 rings (SSSR count). The van der Waals surface area contributed by atoms with E-state index in [-0.39, 0.29) is 11.7 Å². The summed E-state index contributed by atoms with van der Waals surface area (Å²) in [6, 6.07) is 5.16. The van der Waals surface area contributed by atoms with Crippen molar-refractivity contribution in [3.05, 3.63) is 29.6 Å². The number of benzene rings is 1. The predicted molar refractivity (Wildman–Crippen MR) is 77.0 cm³/mol. The Bertz CT molecular complexity index is 369. The van der Waals surface area contributed by atoms with Crippen LogP contribution in [-0.4, -0.2) is 38.6 Å². The van der Waals surface area contributed by atoms with E-state index in [1.54, 1.807) is 6.07 Å². The summed E-state index contributed by atoms with van der Waals surface area (Å²) in [5.74, 6) is 0.000175. The van der Waals surface area contributed by atoms with Crippen molar-refractivity contribution in [3.63, 3.8) is 0 Å². The van der Waals surface area contributed by atoms with E-state index in [9.17, 15) is 4.39 Å². The van der Waals surface area contributed by atoms with Crippen molar-refractivity contribution >= 4 is 17.3 Å². The van der Waals surface area contributed by atoms with E-state index in [4.69, 9.17) is 11.6 Å². The van der Waals surface area contributed by atoms with E-state index in [1.807, 2.05) is 6.07 Å². The molecule has 0 saturated heterocycles. The molecule has 1 aromatic carbocycles. The molecule has 0 bridgehead atoms. The fourth-order valence-corrected chi connectivity index (χ4v) is 2.27. The zero-order valence-electron chi connectivity index (χ0n) is 11.4. The first kappa shape index (κ1) is 15.3. The fourth-order valence-electron chi connectivity index (χ4n) is 2.00. The molecule has 102 valence electrons. The molecule has 1 aromatic rings. The maximum atomic E-state index is 13.7. The SMILES string of the molecule is CCN(CCCN(C)C)c1cccc(F)c1CCl. The molecule has 2 nitrogen and oxygen atoms in total. The van der Waals surface area contributed by atoms with Crippen molar-refractivity contribution in [1.82, 2.24) is 4.90 Å². The van der Waals surface area contributed by atoms with Crippen LogP contribution < -0.4 is 4.90 Å². The first-order chi connectivity index (χ1) is 8.60. The molecular weight excluding hydrogens is 251 g/mol. The molecule has 0 amide bonds. The van der Waals surface area contributed by atoms with Gasteiger partial charge in [-0.1, -0.05) is 6.07 Å². The predicted octanol–water partition coefficient (Wildman–Crippen LogP) is 3.34. The topological polar surface area (TPSA) is 6.48 Å². The minimum absolute atomic E-state index is 0.214. The number of alkyl halides is 1. The lowest BCUT2D eigenvalue weighted by atomic mass is 10.1. The van der Waals surface area contributed by atoms with Gasteiger partial charge in [0.15, 0.2) is 0 Å². The highest BCUT2D eigenvalue weighted by atomic mass is 35.5. The van der Waals surface area contributed by atoms with Gasteiger partial charge in [0.05, 0.1) is 5.88 Å². The van der Waals surface area contributed by atoms with Gasteiger partial charge in [-0.05, 0) is 46.1 Å². The van der Waals surface area contributed by atoms with Crippen molar-refractivity contribution in [3.8, 4) is 0 Å². The molecule has 0 aromatic heterocycles. The molecule has 0 fully saturated rings. The monoisotopic (exact) mass is 272 g/mol. The summed E-state index contributed by atoms with van der Waals surface area (Å²) in [5, 5.41) is 0. The third-order valence-corrected chi connectivity index (χ3v) is 3.25. The molecule has 0 unspecified atom stereocenters. The summed E-state index contributed by atoms with van der Waals surface area (Å²) in [6.45, 7) is 4.89. The highest BCUT2D eigenvalue weighted by Crippen LogP contribution is 2.25. The van der Waals surface area contributed by atoms with Gasteiger partial charge in [0.2, 0.25) is 0 Å². The zero-order valence-corrected chi connectivity index (χ0v) is 12.2. The number of rotatable bonds is 7. The fraction of sp³-hybridized carbons (Fsp3) is 0.571. The van der Waals surface area contributed by atoms with E-state index in [0.29, 0.717) is 5.56 Å². The van der Waals surface area contributed by atoms with E-state index in [0.717, 1.165) is 31.7 Å². The van der Waals surface area contributed by atoms with E-state index < -0.39 is 0 Å². The molecule has 0 aliphatic rings. The normalized spacial score (nSPS) is 11.0. The van der Waals surface area contributed by atoms with Crippen LogP contribution in [0.15, 0.2) is 18.2 Å². The van der Waals surface area contributed by atoms with Crippen molar-refractivity contribution in [2.75, 3.05) is 38.6 Å². The zero-order chi connectivity index (χ0) is 13.5. The lowest BCUT2D eigenvalue weighted by molar-refractivity contribution is 0.400. The standard InChI is InChI=1S/C14H22ClFN2/c1-4-18(10-6-9-17(2)3)14-8-5-7-13(16)12(14)11-15/h5,7-8H,4,6,9-11H2,1-3H3. The molecule has 0 spiro atoms. The highest BCUT2D eigenvalue weighted by molar-refractivity contribution is 6.17. The quantitative estimate of drug-likeness (QED) is 0.703. The van der Waals surface area contributed by atoms with Gasteiger partial charge in [-0.25, -0.2) is 4.39 Å². The van der Waals surface area contributed by atoms with Gasteiger partial charge in [0.1, 0.15) is 5.82 Å². The van der Waals surface area contributed by atoms with Crippen LogP contribution in [0.3, 0.4) is 0 Å². The van der Waals surface area contributed by atoms with Crippen LogP contribution in [-0.2, 0) is 5.88 Å². The highest BCUT2D eigenvalue weighted by Gasteiger charge is 2.12. The van der Waals surface area contributed by atoms with Crippen LogP contribution in [0.5, 0.6) is 0 Å². The van der Waals surface area contributed by atoms with Crippen LogP contribution in [0.2, 0.25) is 0 Å². The van der Waals surface area contributed by atoms with Gasteiger partial charge >= 0.3 is 0 Å². The van der Waals surface area contributed by atoms with E-state index >= 15 is 0 Å². The molecule has 0 heterocycles. The van der Waals surface area contributed by atoms with Crippen LogP contribution in [0.1, 0.15) is 18.9 Å². The summed E-state index contributed by atoms with van der Waals surface area (Å²) in [6.07, 6.45) is 1.05. The van der Waals surface area contributed by atoms with Crippen LogP contribution >= 0.6 is 11.6 Å². The third kappa shape index (κ3) is 4.14. The maximum Gasteiger partial charge on any atom is 0.129 e. The third-order valence-electron chi connectivity index (χ3n) is 2.98. The Labute approximate surface area is 114 Å². The van der Waals surface area contributed by atoms with Crippen LogP contribution in [0.25, 0.3) is 0 Å². The van der Waals surface area contributed by atoms with Crippen LogP contribution in [0, 0.1) is 5.82 Å². The minimum Gasteiger partial charge on any atom is -0.371 e. The first-order valence-corrected chi connectivity index (χ1v) is 6.86. The first-order valence-electron chi connectivity index (χ1n) is 6.33. The Hall–Kier alpha value is -0.800. The summed E-state index contributed by atoms with van der Waals surface area (Å²) in [4.78, 5) is 4.34. The van der Waals surface area contributed by atoms with Gasteiger partial charge in [-0.15, -0.1) is 11.6 Å². The van der Waals surface area contributed by atoms with Gasteiger partial charge in [-0.3, -0.25) is 0 Å². The average Bonchev–Trinajstić information content (AvgIpc) is 2.34.